The van der Waals surface area contributed by atoms with Gasteiger partial charge in [0.1, 0.15) is 5.54 Å². The lowest BCUT2D eigenvalue weighted by Crippen LogP contribution is -2.46. The molecule has 1 atom stereocenters. The van der Waals surface area contributed by atoms with E-state index >= 15 is 0 Å². The molecule has 0 saturated carbocycles. The fraction of sp³-hybridized carbons (Fsp3) is 0.938. The smallest absolute Gasteiger partial charge is 0.325 e. The van der Waals surface area contributed by atoms with Gasteiger partial charge in [-0.15, -0.1) is 0 Å². The van der Waals surface area contributed by atoms with Gasteiger partial charge in [0.25, 0.3) is 0 Å². The fourth-order valence-corrected chi connectivity index (χ4v) is 2.49. The van der Waals surface area contributed by atoms with E-state index in [4.69, 9.17) is 10.5 Å². The lowest BCUT2D eigenvalue weighted by molar-refractivity contribution is -0.146. The Balaban J connectivity index is 3.97. The first-order valence-corrected chi connectivity index (χ1v) is 8.23. The molecule has 0 aromatic carbocycles. The summed E-state index contributed by atoms with van der Waals surface area (Å²) in [5.74, 6) is -0.327. The monoisotopic (exact) mass is 301 g/mol. The Morgan fingerprint density at radius 3 is 1.95 bits per heavy atom. The van der Waals surface area contributed by atoms with E-state index in [-0.39, 0.29) is 5.97 Å². The summed E-state index contributed by atoms with van der Waals surface area (Å²) in [6, 6.07) is 0. The van der Waals surface area contributed by atoms with Crippen molar-refractivity contribution in [1.82, 2.24) is 9.80 Å². The van der Waals surface area contributed by atoms with E-state index < -0.39 is 5.54 Å². The molecule has 5 heteroatoms. The Kier molecular flexibility index (Phi) is 10.6. The predicted molar refractivity (Wildman–Crippen MR) is 88.4 cm³/mol. The lowest BCUT2D eigenvalue weighted by atomic mass is 9.97. The van der Waals surface area contributed by atoms with Crippen molar-refractivity contribution in [1.29, 1.82) is 0 Å². The van der Waals surface area contributed by atoms with Crippen LogP contribution in [0.3, 0.4) is 0 Å². The molecule has 0 heterocycles. The molecule has 5 nitrogen and oxygen atoms in total. The first-order chi connectivity index (χ1) is 9.91. The molecule has 0 aromatic heterocycles. The number of carbonyl (C=O) groups is 1. The van der Waals surface area contributed by atoms with E-state index in [9.17, 15) is 4.79 Å². The third-order valence-corrected chi connectivity index (χ3v) is 4.11. The van der Waals surface area contributed by atoms with Gasteiger partial charge in [-0.1, -0.05) is 20.8 Å². The maximum atomic E-state index is 11.5. The van der Waals surface area contributed by atoms with E-state index in [1.807, 2.05) is 0 Å². The zero-order valence-corrected chi connectivity index (χ0v) is 14.7. The van der Waals surface area contributed by atoms with E-state index in [1.165, 1.54) is 13.5 Å². The molecule has 0 aliphatic rings. The van der Waals surface area contributed by atoms with Crippen LogP contribution in [0.25, 0.3) is 0 Å². The highest BCUT2D eigenvalue weighted by molar-refractivity contribution is 5.79. The van der Waals surface area contributed by atoms with Crippen molar-refractivity contribution in [3.8, 4) is 0 Å². The van der Waals surface area contributed by atoms with Gasteiger partial charge < -0.3 is 20.3 Å². The van der Waals surface area contributed by atoms with Crippen molar-refractivity contribution < 1.29 is 9.53 Å². The second-order valence-corrected chi connectivity index (χ2v) is 5.83. The summed E-state index contributed by atoms with van der Waals surface area (Å²) in [4.78, 5) is 16.4. The Morgan fingerprint density at radius 2 is 1.48 bits per heavy atom. The molecule has 1 unspecified atom stereocenters. The molecule has 0 fully saturated rings. The standard InChI is InChI=1S/C16H35N3O2/c1-6-18(7-2)13-10-14-19(8-3)12-9-11-16(4,17)15(20)21-5/h6-14,17H2,1-5H3. The van der Waals surface area contributed by atoms with Gasteiger partial charge in [-0.2, -0.15) is 0 Å². The Labute approximate surface area is 130 Å². The van der Waals surface area contributed by atoms with Crippen LogP contribution in [-0.2, 0) is 9.53 Å². The van der Waals surface area contributed by atoms with Crippen LogP contribution in [0.5, 0.6) is 0 Å². The van der Waals surface area contributed by atoms with Gasteiger partial charge in [-0.05, 0) is 65.5 Å². The molecule has 0 radical (unpaired) electrons. The number of nitrogens with zero attached hydrogens (tertiary/aromatic N) is 2. The first kappa shape index (κ1) is 20.3. The molecular formula is C16H35N3O2. The van der Waals surface area contributed by atoms with Gasteiger partial charge in [0.15, 0.2) is 0 Å². The Hall–Kier alpha value is -0.650. The molecule has 21 heavy (non-hydrogen) atoms. The number of carbonyl (C=O) groups excluding carboxylic acids is 1. The normalized spacial score (nSPS) is 14.5. The van der Waals surface area contributed by atoms with Crippen molar-refractivity contribution in [3.05, 3.63) is 0 Å². The highest BCUT2D eigenvalue weighted by Gasteiger charge is 2.28. The molecular weight excluding hydrogens is 266 g/mol. The zero-order valence-electron chi connectivity index (χ0n) is 14.7. The number of esters is 1. The molecule has 0 spiro atoms. The average molecular weight is 301 g/mol. The SMILES string of the molecule is CCN(CC)CCCN(CC)CCCC(C)(N)C(=O)OC. The second-order valence-electron chi connectivity index (χ2n) is 5.83. The summed E-state index contributed by atoms with van der Waals surface area (Å²) in [7, 11) is 1.39. The maximum absolute atomic E-state index is 11.5. The molecule has 0 aliphatic carbocycles. The number of ether oxygens (including phenoxy) is 1. The van der Waals surface area contributed by atoms with Crippen LogP contribution >= 0.6 is 0 Å². The number of methoxy groups -OCH3 is 1. The highest BCUT2D eigenvalue weighted by atomic mass is 16.5. The summed E-state index contributed by atoms with van der Waals surface area (Å²) < 4.78 is 4.73. The Morgan fingerprint density at radius 1 is 1.00 bits per heavy atom. The minimum atomic E-state index is -0.866. The van der Waals surface area contributed by atoms with Crippen LogP contribution in [-0.4, -0.2) is 67.7 Å². The van der Waals surface area contributed by atoms with Gasteiger partial charge in [-0.3, -0.25) is 4.79 Å². The zero-order chi connectivity index (χ0) is 16.3. The van der Waals surface area contributed by atoms with Crippen molar-refractivity contribution in [2.45, 2.75) is 52.5 Å². The quantitative estimate of drug-likeness (QED) is 0.556. The van der Waals surface area contributed by atoms with E-state index in [1.54, 1.807) is 6.92 Å². The molecule has 0 amide bonds. The van der Waals surface area contributed by atoms with Gasteiger partial charge in [0, 0.05) is 0 Å². The topological polar surface area (TPSA) is 58.8 Å². The lowest BCUT2D eigenvalue weighted by Gasteiger charge is -2.25. The maximum Gasteiger partial charge on any atom is 0.325 e. The van der Waals surface area contributed by atoms with Crippen LogP contribution in [0.4, 0.5) is 0 Å². The largest absolute Gasteiger partial charge is 0.468 e. The van der Waals surface area contributed by atoms with E-state index in [0.717, 1.165) is 45.7 Å². The second kappa shape index (κ2) is 11.0. The molecule has 0 rings (SSSR count). The molecule has 0 aliphatic heterocycles. The first-order valence-electron chi connectivity index (χ1n) is 8.23. The van der Waals surface area contributed by atoms with Crippen molar-refractivity contribution in [2.24, 2.45) is 5.73 Å². The summed E-state index contributed by atoms with van der Waals surface area (Å²) in [5.41, 5.74) is 5.11. The van der Waals surface area contributed by atoms with Crippen LogP contribution in [0, 0.1) is 0 Å². The predicted octanol–water partition coefficient (Wildman–Crippen LogP) is 1.71. The van der Waals surface area contributed by atoms with Crippen LogP contribution in [0.15, 0.2) is 0 Å². The summed E-state index contributed by atoms with van der Waals surface area (Å²) in [6.07, 6.45) is 2.76. The van der Waals surface area contributed by atoms with E-state index in [0.29, 0.717) is 6.42 Å². The summed E-state index contributed by atoms with van der Waals surface area (Å²) in [6.45, 7) is 14.9. The number of rotatable bonds is 12. The average Bonchev–Trinajstić information content (AvgIpc) is 2.48. The highest BCUT2D eigenvalue weighted by Crippen LogP contribution is 2.11. The van der Waals surface area contributed by atoms with Crippen LogP contribution < -0.4 is 5.73 Å². The summed E-state index contributed by atoms with van der Waals surface area (Å²) >= 11 is 0. The van der Waals surface area contributed by atoms with E-state index in [2.05, 4.69) is 30.6 Å². The minimum Gasteiger partial charge on any atom is -0.468 e. The minimum absolute atomic E-state index is 0.327. The van der Waals surface area contributed by atoms with Crippen LogP contribution in [0.2, 0.25) is 0 Å². The molecule has 0 bridgehead atoms. The van der Waals surface area contributed by atoms with Crippen molar-refractivity contribution in [2.75, 3.05) is 46.4 Å². The third-order valence-electron chi connectivity index (χ3n) is 4.11. The Bertz CT molecular complexity index is 279. The van der Waals surface area contributed by atoms with Gasteiger partial charge in [-0.25, -0.2) is 0 Å². The van der Waals surface area contributed by atoms with Crippen molar-refractivity contribution in [3.63, 3.8) is 0 Å². The van der Waals surface area contributed by atoms with Gasteiger partial charge in [0.2, 0.25) is 0 Å². The molecule has 0 aromatic rings. The molecule has 2 N–H and O–H groups in total. The number of hydrogen-bond donors (Lipinski definition) is 1. The summed E-state index contributed by atoms with van der Waals surface area (Å²) in [5, 5.41) is 0. The molecule has 0 saturated heterocycles. The third kappa shape index (κ3) is 8.39. The molecule has 126 valence electrons. The van der Waals surface area contributed by atoms with Gasteiger partial charge in [0.05, 0.1) is 7.11 Å². The number of nitrogens with two attached hydrogens (primary N) is 1. The fourth-order valence-electron chi connectivity index (χ4n) is 2.49. The van der Waals surface area contributed by atoms with Gasteiger partial charge >= 0.3 is 5.97 Å². The number of hydrogen-bond acceptors (Lipinski definition) is 5. The van der Waals surface area contributed by atoms with Crippen molar-refractivity contribution >= 4 is 5.97 Å². The van der Waals surface area contributed by atoms with Crippen LogP contribution in [0.1, 0.15) is 47.0 Å².